The van der Waals surface area contributed by atoms with E-state index in [1.807, 2.05) is 12.1 Å². The third-order valence-electron chi connectivity index (χ3n) is 4.15. The highest BCUT2D eigenvalue weighted by atomic mass is 35.5. The number of rotatable bonds is 2. The number of benzene rings is 1. The first-order valence-corrected chi connectivity index (χ1v) is 6.96. The summed E-state index contributed by atoms with van der Waals surface area (Å²) >= 11 is 5.97. The van der Waals surface area contributed by atoms with E-state index < -0.39 is 0 Å². The van der Waals surface area contributed by atoms with Crippen molar-refractivity contribution in [2.45, 2.75) is 46.1 Å². The number of nitrogens with one attached hydrogen (secondary N) is 1. The monoisotopic (exact) mass is 251 g/mol. The van der Waals surface area contributed by atoms with Gasteiger partial charge in [-0.15, -0.1) is 0 Å². The molecule has 17 heavy (non-hydrogen) atoms. The molecule has 0 aromatic heterocycles. The first-order chi connectivity index (χ1) is 8.06. The van der Waals surface area contributed by atoms with E-state index in [2.05, 4.69) is 32.2 Å². The first-order valence-electron chi connectivity index (χ1n) is 6.59. The Kier molecular flexibility index (Phi) is 3.98. The van der Waals surface area contributed by atoms with Gasteiger partial charge in [-0.1, -0.05) is 25.4 Å². The molecule has 0 bridgehead atoms. The van der Waals surface area contributed by atoms with Gasteiger partial charge in [-0.3, -0.25) is 0 Å². The molecule has 0 saturated heterocycles. The molecule has 0 aliphatic heterocycles. The maximum atomic E-state index is 5.97. The van der Waals surface area contributed by atoms with Crippen LogP contribution in [-0.2, 0) is 0 Å². The van der Waals surface area contributed by atoms with Crippen LogP contribution in [0.15, 0.2) is 18.2 Å². The maximum absolute atomic E-state index is 5.97. The molecule has 0 amide bonds. The molecule has 1 aliphatic carbocycles. The predicted octanol–water partition coefficient (Wildman–Crippen LogP) is 4.89. The summed E-state index contributed by atoms with van der Waals surface area (Å²) in [6.07, 6.45) is 3.91. The van der Waals surface area contributed by atoms with Crippen LogP contribution in [-0.4, -0.2) is 6.04 Å². The van der Waals surface area contributed by atoms with Gasteiger partial charge in [-0.25, -0.2) is 0 Å². The van der Waals surface area contributed by atoms with Crippen molar-refractivity contribution in [2.24, 2.45) is 11.8 Å². The van der Waals surface area contributed by atoms with E-state index in [1.54, 1.807) is 0 Å². The molecule has 0 spiro atoms. The van der Waals surface area contributed by atoms with Crippen LogP contribution in [0.1, 0.15) is 38.7 Å². The Morgan fingerprint density at radius 3 is 2.59 bits per heavy atom. The Morgan fingerprint density at radius 1 is 1.18 bits per heavy atom. The smallest absolute Gasteiger partial charge is 0.0410 e. The first kappa shape index (κ1) is 12.8. The molecule has 1 aromatic rings. The minimum atomic E-state index is 0.626. The molecule has 1 aliphatic rings. The number of aryl methyl sites for hydroxylation is 1. The SMILES string of the molecule is Cc1cc(Cl)ccc1NC1CCC(C)C(C)C1. The van der Waals surface area contributed by atoms with Crippen molar-refractivity contribution in [1.82, 2.24) is 0 Å². The van der Waals surface area contributed by atoms with Gasteiger partial charge in [0.15, 0.2) is 0 Å². The van der Waals surface area contributed by atoms with Crippen LogP contribution in [0.4, 0.5) is 5.69 Å². The van der Waals surface area contributed by atoms with Crippen LogP contribution in [0.25, 0.3) is 0 Å². The van der Waals surface area contributed by atoms with Crippen LogP contribution in [0.2, 0.25) is 5.02 Å². The van der Waals surface area contributed by atoms with Crippen LogP contribution in [0.5, 0.6) is 0 Å². The second-order valence-electron chi connectivity index (χ2n) is 5.57. The van der Waals surface area contributed by atoms with Gasteiger partial charge in [0.05, 0.1) is 0 Å². The Balaban J connectivity index is 2.01. The molecular weight excluding hydrogens is 230 g/mol. The number of hydrogen-bond donors (Lipinski definition) is 1. The average Bonchev–Trinajstić information content (AvgIpc) is 2.27. The van der Waals surface area contributed by atoms with Gasteiger partial charge in [0.25, 0.3) is 0 Å². The molecule has 0 heterocycles. The highest BCUT2D eigenvalue weighted by molar-refractivity contribution is 6.30. The van der Waals surface area contributed by atoms with E-state index >= 15 is 0 Å². The fourth-order valence-corrected chi connectivity index (χ4v) is 2.91. The number of anilines is 1. The number of hydrogen-bond acceptors (Lipinski definition) is 1. The fraction of sp³-hybridized carbons (Fsp3) is 0.600. The van der Waals surface area contributed by atoms with Gasteiger partial charge < -0.3 is 5.32 Å². The van der Waals surface area contributed by atoms with Gasteiger partial charge in [-0.05, 0) is 61.8 Å². The van der Waals surface area contributed by atoms with Gasteiger partial charge in [0, 0.05) is 16.8 Å². The molecule has 94 valence electrons. The topological polar surface area (TPSA) is 12.0 Å². The Morgan fingerprint density at radius 2 is 1.94 bits per heavy atom. The molecule has 3 unspecified atom stereocenters. The summed E-state index contributed by atoms with van der Waals surface area (Å²) in [5, 5.41) is 4.49. The summed E-state index contributed by atoms with van der Waals surface area (Å²) in [5.41, 5.74) is 2.48. The van der Waals surface area contributed by atoms with Crippen LogP contribution in [0.3, 0.4) is 0 Å². The molecule has 1 fully saturated rings. The van der Waals surface area contributed by atoms with Crippen molar-refractivity contribution in [3.05, 3.63) is 28.8 Å². The molecule has 3 atom stereocenters. The molecule has 1 saturated carbocycles. The van der Waals surface area contributed by atoms with Gasteiger partial charge in [-0.2, -0.15) is 0 Å². The second kappa shape index (κ2) is 5.30. The highest BCUT2D eigenvalue weighted by Crippen LogP contribution is 2.31. The van der Waals surface area contributed by atoms with Gasteiger partial charge in [0.2, 0.25) is 0 Å². The van der Waals surface area contributed by atoms with E-state index in [1.165, 1.54) is 30.5 Å². The van der Waals surface area contributed by atoms with Crippen LogP contribution in [0, 0.1) is 18.8 Å². The molecule has 1 N–H and O–H groups in total. The maximum Gasteiger partial charge on any atom is 0.0410 e. The normalized spacial score (nSPS) is 29.1. The summed E-state index contributed by atoms with van der Waals surface area (Å²) in [6.45, 7) is 6.85. The fourth-order valence-electron chi connectivity index (χ4n) is 2.69. The van der Waals surface area contributed by atoms with Crippen LogP contribution < -0.4 is 5.32 Å². The van der Waals surface area contributed by atoms with Crippen molar-refractivity contribution >= 4 is 17.3 Å². The second-order valence-corrected chi connectivity index (χ2v) is 6.00. The minimum absolute atomic E-state index is 0.626. The van der Waals surface area contributed by atoms with Crippen molar-refractivity contribution in [1.29, 1.82) is 0 Å². The Labute approximate surface area is 110 Å². The minimum Gasteiger partial charge on any atom is -0.382 e. The zero-order chi connectivity index (χ0) is 12.4. The van der Waals surface area contributed by atoms with Crippen molar-refractivity contribution < 1.29 is 0 Å². The predicted molar refractivity (Wildman–Crippen MR) is 75.8 cm³/mol. The largest absolute Gasteiger partial charge is 0.382 e. The summed E-state index contributed by atoms with van der Waals surface area (Å²) < 4.78 is 0. The van der Waals surface area contributed by atoms with Crippen LogP contribution >= 0.6 is 11.6 Å². The zero-order valence-electron chi connectivity index (χ0n) is 11.0. The average molecular weight is 252 g/mol. The molecule has 1 nitrogen and oxygen atoms in total. The van der Waals surface area contributed by atoms with Crippen molar-refractivity contribution in [2.75, 3.05) is 5.32 Å². The van der Waals surface area contributed by atoms with Gasteiger partial charge in [0.1, 0.15) is 0 Å². The molecule has 1 aromatic carbocycles. The summed E-state index contributed by atoms with van der Waals surface area (Å²) in [6, 6.07) is 6.71. The van der Waals surface area contributed by atoms with E-state index in [0.29, 0.717) is 6.04 Å². The summed E-state index contributed by atoms with van der Waals surface area (Å²) in [4.78, 5) is 0. The van der Waals surface area contributed by atoms with E-state index in [-0.39, 0.29) is 0 Å². The lowest BCUT2D eigenvalue weighted by Gasteiger charge is -2.33. The quantitative estimate of drug-likeness (QED) is 0.790. The molecule has 0 radical (unpaired) electrons. The van der Waals surface area contributed by atoms with Crippen molar-refractivity contribution in [3.63, 3.8) is 0 Å². The zero-order valence-corrected chi connectivity index (χ0v) is 11.7. The lowest BCUT2D eigenvalue weighted by atomic mass is 9.79. The van der Waals surface area contributed by atoms with E-state index in [0.717, 1.165) is 16.9 Å². The third kappa shape index (κ3) is 3.16. The summed E-state index contributed by atoms with van der Waals surface area (Å²) in [5.74, 6) is 1.70. The Bertz CT molecular complexity index is 389. The number of halogens is 1. The van der Waals surface area contributed by atoms with Crippen molar-refractivity contribution in [3.8, 4) is 0 Å². The third-order valence-corrected chi connectivity index (χ3v) is 4.38. The summed E-state index contributed by atoms with van der Waals surface area (Å²) in [7, 11) is 0. The molecule has 2 rings (SSSR count). The van der Waals surface area contributed by atoms with Gasteiger partial charge >= 0.3 is 0 Å². The van der Waals surface area contributed by atoms with E-state index in [9.17, 15) is 0 Å². The molecular formula is C15H22ClN. The van der Waals surface area contributed by atoms with E-state index in [4.69, 9.17) is 11.6 Å². The Hall–Kier alpha value is -0.690. The highest BCUT2D eigenvalue weighted by Gasteiger charge is 2.24. The standard InChI is InChI=1S/C15H22ClN/c1-10-4-6-14(9-11(10)2)17-15-7-5-13(16)8-12(15)3/h5,7-8,10-11,14,17H,4,6,9H2,1-3H3. The lowest BCUT2D eigenvalue weighted by molar-refractivity contribution is 0.261. The molecule has 2 heteroatoms. The lowest BCUT2D eigenvalue weighted by Crippen LogP contribution is -2.30.